The highest BCUT2D eigenvalue weighted by atomic mass is 16.3. The van der Waals surface area contributed by atoms with Gasteiger partial charge in [-0.25, -0.2) is 0 Å². The second-order valence-corrected chi connectivity index (χ2v) is 6.86. The molecule has 1 N–H and O–H groups in total. The largest absolute Gasteiger partial charge is 0.386 e. The van der Waals surface area contributed by atoms with Crippen molar-refractivity contribution in [3.63, 3.8) is 0 Å². The van der Waals surface area contributed by atoms with Gasteiger partial charge >= 0.3 is 0 Å². The summed E-state index contributed by atoms with van der Waals surface area (Å²) in [4.78, 5) is 0. The predicted octanol–water partition coefficient (Wildman–Crippen LogP) is 3.98. The van der Waals surface area contributed by atoms with E-state index in [2.05, 4.69) is 26.8 Å². The van der Waals surface area contributed by atoms with Gasteiger partial charge in [0, 0.05) is 0 Å². The molecular weight excluding hydrogens is 208 g/mol. The topological polar surface area (TPSA) is 20.2 Å². The number of hydrogen-bond donors (Lipinski definition) is 1. The Morgan fingerprint density at radius 3 is 2.35 bits per heavy atom. The molecule has 0 radical (unpaired) electrons. The summed E-state index contributed by atoms with van der Waals surface area (Å²) in [6.45, 7) is 7.03. The summed E-state index contributed by atoms with van der Waals surface area (Å²) in [5.74, 6) is 0.663. The van der Waals surface area contributed by atoms with Crippen LogP contribution in [0, 0.1) is 11.3 Å². The summed E-state index contributed by atoms with van der Waals surface area (Å²) in [6, 6.07) is 0. The van der Waals surface area contributed by atoms with Gasteiger partial charge in [-0.05, 0) is 61.0 Å². The highest BCUT2D eigenvalue weighted by molar-refractivity contribution is 5.45. The maximum Gasteiger partial charge on any atom is 0.0862 e. The molecule has 0 aromatic carbocycles. The lowest BCUT2D eigenvalue weighted by atomic mass is 9.72. The molecule has 0 bridgehead atoms. The summed E-state index contributed by atoms with van der Waals surface area (Å²) >= 11 is 0. The van der Waals surface area contributed by atoms with E-state index in [1.54, 1.807) is 11.1 Å². The van der Waals surface area contributed by atoms with Crippen LogP contribution in [0.5, 0.6) is 0 Å². The standard InChI is InChI=1S/C16H24O/c1-11(2)13-5-7-15(3)6-4-12(10-14(13)15)16(17)8-9-16/h10-11,17H,4-9H2,1-3H3/t15-/m0/s1. The van der Waals surface area contributed by atoms with E-state index < -0.39 is 5.60 Å². The zero-order chi connectivity index (χ0) is 12.3. The molecule has 3 aliphatic rings. The van der Waals surface area contributed by atoms with E-state index in [-0.39, 0.29) is 0 Å². The summed E-state index contributed by atoms with van der Waals surface area (Å²) in [5, 5.41) is 10.3. The molecule has 94 valence electrons. The van der Waals surface area contributed by atoms with Gasteiger partial charge in [0.05, 0.1) is 5.60 Å². The second-order valence-electron chi connectivity index (χ2n) is 6.86. The molecule has 17 heavy (non-hydrogen) atoms. The lowest BCUT2D eigenvalue weighted by Crippen LogP contribution is -2.24. The molecule has 0 amide bonds. The highest BCUT2D eigenvalue weighted by Gasteiger charge is 2.47. The van der Waals surface area contributed by atoms with Gasteiger partial charge in [0.25, 0.3) is 0 Å². The molecule has 1 nitrogen and oxygen atoms in total. The minimum Gasteiger partial charge on any atom is -0.386 e. The molecule has 0 aromatic rings. The van der Waals surface area contributed by atoms with Crippen molar-refractivity contribution < 1.29 is 5.11 Å². The van der Waals surface area contributed by atoms with Crippen molar-refractivity contribution in [3.8, 4) is 0 Å². The number of hydrogen-bond acceptors (Lipinski definition) is 1. The first-order chi connectivity index (χ1) is 7.95. The van der Waals surface area contributed by atoms with Crippen LogP contribution in [0.3, 0.4) is 0 Å². The molecule has 3 aliphatic carbocycles. The Morgan fingerprint density at radius 2 is 1.76 bits per heavy atom. The van der Waals surface area contributed by atoms with Crippen LogP contribution in [-0.2, 0) is 0 Å². The van der Waals surface area contributed by atoms with Crippen molar-refractivity contribution in [3.05, 3.63) is 22.8 Å². The van der Waals surface area contributed by atoms with Gasteiger partial charge in [0.2, 0.25) is 0 Å². The first-order valence-electron chi connectivity index (χ1n) is 7.12. The van der Waals surface area contributed by atoms with Crippen LogP contribution in [0.25, 0.3) is 0 Å². The van der Waals surface area contributed by atoms with Crippen molar-refractivity contribution in [1.82, 2.24) is 0 Å². The summed E-state index contributed by atoms with van der Waals surface area (Å²) in [7, 11) is 0. The van der Waals surface area contributed by atoms with Gasteiger partial charge in [-0.3, -0.25) is 0 Å². The van der Waals surface area contributed by atoms with Gasteiger partial charge < -0.3 is 5.11 Å². The van der Waals surface area contributed by atoms with Crippen LogP contribution in [0.4, 0.5) is 0 Å². The number of rotatable bonds is 2. The van der Waals surface area contributed by atoms with E-state index >= 15 is 0 Å². The molecule has 0 spiro atoms. The average molecular weight is 232 g/mol. The first-order valence-corrected chi connectivity index (χ1v) is 7.12. The van der Waals surface area contributed by atoms with E-state index in [4.69, 9.17) is 0 Å². The van der Waals surface area contributed by atoms with Gasteiger partial charge in [-0.15, -0.1) is 0 Å². The van der Waals surface area contributed by atoms with Gasteiger partial charge in [-0.2, -0.15) is 0 Å². The third-order valence-corrected chi connectivity index (χ3v) is 5.23. The van der Waals surface area contributed by atoms with Crippen LogP contribution in [-0.4, -0.2) is 10.7 Å². The Hall–Kier alpha value is -0.560. The monoisotopic (exact) mass is 232 g/mol. The smallest absolute Gasteiger partial charge is 0.0862 e. The molecule has 1 heteroatoms. The Bertz CT molecular complexity index is 409. The first kappa shape index (κ1) is 11.5. The quantitative estimate of drug-likeness (QED) is 0.763. The second kappa shape index (κ2) is 3.47. The maximum absolute atomic E-state index is 10.3. The lowest BCUT2D eigenvalue weighted by molar-refractivity contribution is 0.177. The minimum absolute atomic E-state index is 0.404. The summed E-state index contributed by atoms with van der Waals surface area (Å²) in [6.07, 6.45) is 9.29. The van der Waals surface area contributed by atoms with Gasteiger partial charge in [0.1, 0.15) is 0 Å². The summed E-state index contributed by atoms with van der Waals surface area (Å²) in [5.41, 5.74) is 4.56. The van der Waals surface area contributed by atoms with Crippen LogP contribution in [0.1, 0.15) is 59.3 Å². The Kier molecular flexibility index (Phi) is 2.36. The van der Waals surface area contributed by atoms with E-state index in [0.717, 1.165) is 19.3 Å². The number of allylic oxidation sites excluding steroid dienone is 3. The predicted molar refractivity (Wildman–Crippen MR) is 70.7 cm³/mol. The van der Waals surface area contributed by atoms with Crippen LogP contribution < -0.4 is 0 Å². The fraction of sp³-hybridized carbons (Fsp3) is 0.750. The molecule has 1 saturated carbocycles. The van der Waals surface area contributed by atoms with Gasteiger partial charge in [0.15, 0.2) is 0 Å². The molecule has 0 aliphatic heterocycles. The minimum atomic E-state index is -0.404. The maximum atomic E-state index is 10.3. The molecule has 1 atom stereocenters. The molecular formula is C16H24O. The van der Waals surface area contributed by atoms with Crippen molar-refractivity contribution in [1.29, 1.82) is 0 Å². The van der Waals surface area contributed by atoms with Crippen molar-refractivity contribution in [2.45, 2.75) is 64.9 Å². The van der Waals surface area contributed by atoms with E-state index in [9.17, 15) is 5.11 Å². The van der Waals surface area contributed by atoms with E-state index in [1.165, 1.54) is 24.8 Å². The van der Waals surface area contributed by atoms with Crippen molar-refractivity contribution in [2.75, 3.05) is 0 Å². The van der Waals surface area contributed by atoms with Crippen molar-refractivity contribution in [2.24, 2.45) is 11.3 Å². The number of aliphatic hydroxyl groups is 1. The fourth-order valence-corrected chi connectivity index (χ4v) is 3.66. The number of fused-ring (bicyclic) bond motifs is 1. The average Bonchev–Trinajstić information content (AvgIpc) is 2.91. The summed E-state index contributed by atoms with van der Waals surface area (Å²) < 4.78 is 0. The third-order valence-electron chi connectivity index (χ3n) is 5.23. The Morgan fingerprint density at radius 1 is 1.12 bits per heavy atom. The van der Waals surface area contributed by atoms with Gasteiger partial charge in [-0.1, -0.05) is 32.4 Å². The van der Waals surface area contributed by atoms with E-state index in [1.807, 2.05) is 0 Å². The Balaban J connectivity index is 2.02. The normalized spacial score (nSPS) is 35.0. The molecule has 0 unspecified atom stereocenters. The Labute approximate surface area is 105 Å². The molecule has 0 aromatic heterocycles. The van der Waals surface area contributed by atoms with E-state index in [0.29, 0.717) is 11.3 Å². The highest BCUT2D eigenvalue weighted by Crippen LogP contribution is 2.55. The molecule has 1 fully saturated rings. The SMILES string of the molecule is CC(C)C1=C2C=C(C3(O)CC3)CC[C@@]2(C)CC1. The zero-order valence-corrected chi connectivity index (χ0v) is 11.3. The molecule has 0 saturated heterocycles. The van der Waals surface area contributed by atoms with Crippen LogP contribution in [0.15, 0.2) is 22.8 Å². The lowest BCUT2D eigenvalue weighted by Gasteiger charge is -2.34. The van der Waals surface area contributed by atoms with Crippen molar-refractivity contribution >= 4 is 0 Å². The van der Waals surface area contributed by atoms with Crippen LogP contribution >= 0.6 is 0 Å². The fourth-order valence-electron chi connectivity index (χ4n) is 3.66. The van der Waals surface area contributed by atoms with Crippen LogP contribution in [0.2, 0.25) is 0 Å². The third kappa shape index (κ3) is 1.71. The zero-order valence-electron chi connectivity index (χ0n) is 11.3. The molecule has 3 rings (SSSR count). The molecule has 0 heterocycles.